The summed E-state index contributed by atoms with van der Waals surface area (Å²) in [4.78, 5) is 38.3. The zero-order valence-electron chi connectivity index (χ0n) is 49.6. The second-order valence-corrected chi connectivity index (χ2v) is 21.3. The van der Waals surface area contributed by atoms with Gasteiger partial charge in [-0.05, 0) is 116 Å². The lowest BCUT2D eigenvalue weighted by atomic mass is 10.1. The summed E-state index contributed by atoms with van der Waals surface area (Å²) < 4.78 is 16.9. The molecule has 0 aliphatic heterocycles. The number of hydrogen-bond acceptors (Lipinski definition) is 6. The fourth-order valence-corrected chi connectivity index (χ4v) is 9.05. The van der Waals surface area contributed by atoms with Crippen LogP contribution in [0.5, 0.6) is 0 Å². The molecule has 0 aliphatic carbocycles. The van der Waals surface area contributed by atoms with Crippen LogP contribution in [0.2, 0.25) is 0 Å². The Morgan fingerprint density at radius 1 is 0.280 bits per heavy atom. The maximum absolute atomic E-state index is 12.9. The third kappa shape index (κ3) is 61.3. The molecule has 0 N–H and O–H groups in total. The molecular weight excluding hydrogens is 925 g/mol. The van der Waals surface area contributed by atoms with Gasteiger partial charge < -0.3 is 14.2 Å². The number of ether oxygens (including phenoxy) is 3. The quantitative estimate of drug-likeness (QED) is 0.0261. The number of esters is 3. The van der Waals surface area contributed by atoms with Gasteiger partial charge in [0.05, 0.1) is 0 Å². The van der Waals surface area contributed by atoms with Crippen molar-refractivity contribution in [2.75, 3.05) is 13.2 Å². The third-order valence-electron chi connectivity index (χ3n) is 13.9. The number of hydrogen-bond donors (Lipinski definition) is 0. The standard InChI is InChI=1S/C69H120O6/c1-4-7-10-13-16-19-22-25-28-31-34-35-36-39-41-44-47-50-53-56-59-62-68(71)74-65-66(75-69(72)63-60-57-54-51-48-45-42-38-33-30-27-24-21-18-15-12-9-6-3)64-73-67(70)61-58-55-52-49-46-43-40-37-32-29-26-23-20-17-14-11-8-5-2/h7,10,16,19,25,28-30,32-35,39,41,66H,4-6,8-9,11-15,17-18,20-24,26-27,31,36-38,40,42-65H2,1-3H3/b10-7-,19-16-,28-25-,32-29-,33-30-,35-34-,41-39-. The Morgan fingerprint density at radius 3 is 0.827 bits per heavy atom. The van der Waals surface area contributed by atoms with Gasteiger partial charge in [0.1, 0.15) is 13.2 Å². The van der Waals surface area contributed by atoms with Gasteiger partial charge in [-0.1, -0.05) is 266 Å². The lowest BCUT2D eigenvalue weighted by Gasteiger charge is -2.18. The van der Waals surface area contributed by atoms with Gasteiger partial charge in [-0.15, -0.1) is 0 Å². The van der Waals surface area contributed by atoms with E-state index in [1.54, 1.807) is 0 Å². The zero-order valence-corrected chi connectivity index (χ0v) is 49.6. The fourth-order valence-electron chi connectivity index (χ4n) is 9.05. The summed E-state index contributed by atoms with van der Waals surface area (Å²) in [6, 6.07) is 0. The molecule has 0 rings (SSSR count). The van der Waals surface area contributed by atoms with Crippen LogP contribution >= 0.6 is 0 Å². The molecule has 0 heterocycles. The van der Waals surface area contributed by atoms with Crippen LogP contribution in [0.4, 0.5) is 0 Å². The topological polar surface area (TPSA) is 78.9 Å². The Labute approximate surface area is 465 Å². The Morgan fingerprint density at radius 2 is 0.520 bits per heavy atom. The Balaban J connectivity index is 4.42. The Kier molecular flexibility index (Phi) is 60.3. The van der Waals surface area contributed by atoms with Crippen LogP contribution in [0.15, 0.2) is 85.1 Å². The van der Waals surface area contributed by atoms with E-state index in [1.807, 2.05) is 0 Å². The normalized spacial score (nSPS) is 12.6. The summed E-state index contributed by atoms with van der Waals surface area (Å²) in [6.07, 6.45) is 82.9. The van der Waals surface area contributed by atoms with Gasteiger partial charge in [-0.25, -0.2) is 0 Å². The molecule has 75 heavy (non-hydrogen) atoms. The summed E-state index contributed by atoms with van der Waals surface area (Å²) in [5.41, 5.74) is 0. The SMILES string of the molecule is CC/C=C\C/C=C\C/C=C\C/C=C\C/C=C\CCCCCCCC(=O)OCC(COC(=O)CCCCCCCCC/C=C\CCCCCCCCC)OC(=O)CCCCCCCCC/C=C\CCCCCCCCC. The van der Waals surface area contributed by atoms with Crippen molar-refractivity contribution >= 4 is 17.9 Å². The first-order chi connectivity index (χ1) is 37.0. The maximum atomic E-state index is 12.9. The van der Waals surface area contributed by atoms with Crippen LogP contribution in [0.1, 0.15) is 316 Å². The van der Waals surface area contributed by atoms with E-state index in [-0.39, 0.29) is 31.1 Å². The average Bonchev–Trinajstić information content (AvgIpc) is 3.41. The minimum absolute atomic E-state index is 0.0858. The highest BCUT2D eigenvalue weighted by Gasteiger charge is 2.19. The molecular formula is C69H120O6. The number of carbonyl (C=O) groups is 3. The first kappa shape index (κ1) is 71.6. The number of rotatable bonds is 58. The first-order valence-corrected chi connectivity index (χ1v) is 32.1. The van der Waals surface area contributed by atoms with Crippen molar-refractivity contribution in [1.82, 2.24) is 0 Å². The van der Waals surface area contributed by atoms with Gasteiger partial charge in [0.25, 0.3) is 0 Å². The second kappa shape index (κ2) is 63.1. The molecule has 0 saturated carbocycles. The number of carbonyl (C=O) groups excluding carboxylic acids is 3. The predicted molar refractivity (Wildman–Crippen MR) is 325 cm³/mol. The van der Waals surface area contributed by atoms with Gasteiger partial charge in [0, 0.05) is 19.3 Å². The van der Waals surface area contributed by atoms with E-state index in [1.165, 1.54) is 167 Å². The summed E-state index contributed by atoms with van der Waals surface area (Å²) in [5.74, 6) is -0.901. The number of unbranched alkanes of at least 4 members (excludes halogenated alkanes) is 33. The molecule has 0 fully saturated rings. The van der Waals surface area contributed by atoms with Crippen LogP contribution in [0.25, 0.3) is 0 Å². The molecule has 0 aliphatic rings. The maximum Gasteiger partial charge on any atom is 0.306 e. The van der Waals surface area contributed by atoms with E-state index in [9.17, 15) is 14.4 Å². The number of allylic oxidation sites excluding steroid dienone is 14. The van der Waals surface area contributed by atoms with Crippen LogP contribution < -0.4 is 0 Å². The summed E-state index contributed by atoms with van der Waals surface area (Å²) in [6.45, 7) is 6.53. The molecule has 0 amide bonds. The third-order valence-corrected chi connectivity index (χ3v) is 13.9. The van der Waals surface area contributed by atoms with E-state index in [0.717, 1.165) is 109 Å². The molecule has 6 nitrogen and oxygen atoms in total. The van der Waals surface area contributed by atoms with Crippen molar-refractivity contribution in [2.45, 2.75) is 322 Å². The second-order valence-electron chi connectivity index (χ2n) is 21.3. The molecule has 432 valence electrons. The monoisotopic (exact) mass is 1040 g/mol. The van der Waals surface area contributed by atoms with Crippen molar-refractivity contribution in [3.05, 3.63) is 85.1 Å². The van der Waals surface area contributed by atoms with Crippen molar-refractivity contribution in [2.24, 2.45) is 0 Å². The minimum Gasteiger partial charge on any atom is -0.462 e. The van der Waals surface area contributed by atoms with E-state index in [0.29, 0.717) is 19.3 Å². The molecule has 0 saturated heterocycles. The molecule has 1 unspecified atom stereocenters. The van der Waals surface area contributed by atoms with E-state index in [4.69, 9.17) is 14.2 Å². The van der Waals surface area contributed by atoms with Crippen LogP contribution in [-0.4, -0.2) is 37.2 Å². The van der Waals surface area contributed by atoms with Crippen molar-refractivity contribution < 1.29 is 28.6 Å². The average molecular weight is 1050 g/mol. The molecule has 6 heteroatoms. The molecule has 0 bridgehead atoms. The van der Waals surface area contributed by atoms with Crippen molar-refractivity contribution in [3.8, 4) is 0 Å². The molecule has 0 aromatic carbocycles. The van der Waals surface area contributed by atoms with Gasteiger partial charge in [0.15, 0.2) is 6.10 Å². The largest absolute Gasteiger partial charge is 0.462 e. The van der Waals surface area contributed by atoms with Crippen molar-refractivity contribution in [1.29, 1.82) is 0 Å². The van der Waals surface area contributed by atoms with Gasteiger partial charge in [-0.3, -0.25) is 14.4 Å². The first-order valence-electron chi connectivity index (χ1n) is 32.1. The van der Waals surface area contributed by atoms with E-state index < -0.39 is 6.10 Å². The van der Waals surface area contributed by atoms with Gasteiger partial charge >= 0.3 is 17.9 Å². The highest BCUT2D eigenvalue weighted by Crippen LogP contribution is 2.16. The summed E-state index contributed by atoms with van der Waals surface area (Å²) >= 11 is 0. The molecule has 1 atom stereocenters. The molecule has 0 spiro atoms. The molecule has 0 aromatic heterocycles. The fraction of sp³-hybridized carbons (Fsp3) is 0.754. The Hall–Kier alpha value is -3.41. The lowest BCUT2D eigenvalue weighted by Crippen LogP contribution is -2.30. The molecule has 0 radical (unpaired) electrons. The lowest BCUT2D eigenvalue weighted by molar-refractivity contribution is -0.167. The van der Waals surface area contributed by atoms with Gasteiger partial charge in [-0.2, -0.15) is 0 Å². The van der Waals surface area contributed by atoms with Gasteiger partial charge in [0.2, 0.25) is 0 Å². The van der Waals surface area contributed by atoms with Crippen LogP contribution in [-0.2, 0) is 28.6 Å². The van der Waals surface area contributed by atoms with E-state index in [2.05, 4.69) is 106 Å². The smallest absolute Gasteiger partial charge is 0.306 e. The Bertz CT molecular complexity index is 1430. The zero-order chi connectivity index (χ0) is 54.3. The van der Waals surface area contributed by atoms with Crippen molar-refractivity contribution in [3.63, 3.8) is 0 Å². The highest BCUT2D eigenvalue weighted by molar-refractivity contribution is 5.71. The van der Waals surface area contributed by atoms with Crippen LogP contribution in [0, 0.1) is 0 Å². The summed E-state index contributed by atoms with van der Waals surface area (Å²) in [5, 5.41) is 0. The van der Waals surface area contributed by atoms with Crippen LogP contribution in [0.3, 0.4) is 0 Å². The van der Waals surface area contributed by atoms with E-state index >= 15 is 0 Å². The predicted octanol–water partition coefficient (Wildman–Crippen LogP) is 21.9. The highest BCUT2D eigenvalue weighted by atomic mass is 16.6. The molecule has 0 aromatic rings. The minimum atomic E-state index is -0.791. The summed E-state index contributed by atoms with van der Waals surface area (Å²) in [7, 11) is 0.